The van der Waals surface area contributed by atoms with Crippen LogP contribution in [0.5, 0.6) is 5.75 Å². The molecule has 2 aromatic carbocycles. The zero-order valence-electron chi connectivity index (χ0n) is 12.6. The minimum Gasteiger partial charge on any atom is -0.467 e. The topological polar surface area (TPSA) is 41.6 Å². The van der Waals surface area contributed by atoms with Crippen molar-refractivity contribution in [3.63, 3.8) is 0 Å². The Morgan fingerprint density at radius 2 is 2.08 bits per heavy atom. The third kappa shape index (κ3) is 2.26. The molecule has 1 fully saturated rings. The van der Waals surface area contributed by atoms with Gasteiger partial charge in [-0.3, -0.25) is 4.90 Å². The molecule has 4 rings (SSSR count). The lowest BCUT2D eigenvalue weighted by Gasteiger charge is -2.50. The molecule has 2 aromatic rings. The number of hydrogen-bond donors (Lipinski definition) is 1. The Balaban J connectivity index is 1.83. The van der Waals surface area contributed by atoms with Crippen molar-refractivity contribution in [3.8, 4) is 5.75 Å². The molecule has 2 bridgehead atoms. The molecule has 1 saturated heterocycles. The Morgan fingerprint density at radius 1 is 1.29 bits per heavy atom. The monoisotopic (exact) mass is 394 g/mol. The van der Waals surface area contributed by atoms with Crippen molar-refractivity contribution in [2.24, 2.45) is 0 Å². The third-order valence-corrected chi connectivity index (χ3v) is 4.88. The van der Waals surface area contributed by atoms with E-state index in [-0.39, 0.29) is 11.7 Å². The van der Waals surface area contributed by atoms with E-state index in [4.69, 9.17) is 4.74 Å². The molecule has 0 unspecified atom stereocenters. The van der Waals surface area contributed by atoms with Crippen LogP contribution in [0.25, 0.3) is 0 Å². The van der Waals surface area contributed by atoms with Gasteiger partial charge in [0.15, 0.2) is 5.72 Å². The van der Waals surface area contributed by atoms with E-state index in [9.17, 15) is 13.6 Å². The van der Waals surface area contributed by atoms with Crippen molar-refractivity contribution in [2.45, 2.75) is 25.1 Å². The van der Waals surface area contributed by atoms with Crippen molar-refractivity contribution in [1.29, 1.82) is 0 Å². The van der Waals surface area contributed by atoms with E-state index in [1.54, 1.807) is 13.0 Å². The van der Waals surface area contributed by atoms with Gasteiger partial charge < -0.3 is 10.1 Å². The first kappa shape index (κ1) is 15.4. The molecule has 1 N–H and O–H groups in total. The first-order chi connectivity index (χ1) is 11.4. The van der Waals surface area contributed by atoms with Crippen LogP contribution in [0.4, 0.5) is 19.3 Å². The summed E-state index contributed by atoms with van der Waals surface area (Å²) in [6.45, 7) is 1.70. The molecule has 0 saturated carbocycles. The number of anilines is 1. The minimum atomic E-state index is -1.11. The molecule has 0 aliphatic carbocycles. The second-order valence-electron chi connectivity index (χ2n) is 6.10. The maximum Gasteiger partial charge on any atom is 0.325 e. The number of nitrogens with one attached hydrogen (secondary N) is 1. The van der Waals surface area contributed by atoms with Gasteiger partial charge in [0.25, 0.3) is 0 Å². The molecule has 4 nitrogen and oxygen atoms in total. The number of benzene rings is 2. The second-order valence-corrected chi connectivity index (χ2v) is 7.01. The van der Waals surface area contributed by atoms with Gasteiger partial charge in [0.2, 0.25) is 0 Å². The molecule has 2 atom stereocenters. The molecule has 124 valence electrons. The summed E-state index contributed by atoms with van der Waals surface area (Å²) in [4.78, 5) is 13.8. The van der Waals surface area contributed by atoms with Gasteiger partial charge in [-0.2, -0.15) is 0 Å². The summed E-state index contributed by atoms with van der Waals surface area (Å²) in [5.41, 5.74) is -0.397. The number of halogens is 3. The summed E-state index contributed by atoms with van der Waals surface area (Å²) in [6, 6.07) is 7.75. The second kappa shape index (κ2) is 5.17. The lowest BCUT2D eigenvalue weighted by Crippen LogP contribution is -2.65. The molecular formula is C17H13BrF2N2O2. The lowest BCUT2D eigenvalue weighted by molar-refractivity contribution is 0.0372. The SMILES string of the molecule is C[C@]12C[C@@H](NC(=O)N1c1cc(F)ccc1F)c1cc(Br)ccc1O2. The predicted octanol–water partition coefficient (Wildman–Crippen LogP) is 4.50. The number of fused-ring (bicyclic) bond motifs is 4. The quantitative estimate of drug-likeness (QED) is 0.773. The van der Waals surface area contributed by atoms with Crippen LogP contribution in [0.2, 0.25) is 0 Å². The predicted molar refractivity (Wildman–Crippen MR) is 87.9 cm³/mol. The standard InChI is InChI=1S/C17H13BrF2N2O2/c1-17-8-13(11-6-9(18)2-5-15(11)24-17)21-16(23)22(17)14-7-10(19)3-4-12(14)20/h2-7,13H,8H2,1H3,(H,21,23)/t13-,17+/m1/s1. The Bertz CT molecular complexity index is 860. The van der Waals surface area contributed by atoms with E-state index in [2.05, 4.69) is 21.2 Å². The van der Waals surface area contributed by atoms with Crippen LogP contribution in [0, 0.1) is 11.6 Å². The highest BCUT2D eigenvalue weighted by atomic mass is 79.9. The Labute approximate surface area is 145 Å². The van der Waals surface area contributed by atoms with Gasteiger partial charge in [0.05, 0.1) is 11.7 Å². The first-order valence-electron chi connectivity index (χ1n) is 7.42. The van der Waals surface area contributed by atoms with Crippen LogP contribution in [-0.4, -0.2) is 11.8 Å². The van der Waals surface area contributed by atoms with Gasteiger partial charge >= 0.3 is 6.03 Å². The van der Waals surface area contributed by atoms with Gasteiger partial charge in [0.1, 0.15) is 17.4 Å². The van der Waals surface area contributed by atoms with E-state index < -0.39 is 23.4 Å². The third-order valence-electron chi connectivity index (χ3n) is 4.38. The normalized spacial score (nSPS) is 24.9. The van der Waals surface area contributed by atoms with E-state index in [1.807, 2.05) is 12.1 Å². The smallest absolute Gasteiger partial charge is 0.325 e. The zero-order chi connectivity index (χ0) is 17.1. The number of carbonyl (C=O) groups is 1. The molecule has 7 heteroatoms. The number of hydrogen-bond acceptors (Lipinski definition) is 2. The van der Waals surface area contributed by atoms with Gasteiger partial charge in [0, 0.05) is 22.5 Å². The van der Waals surface area contributed by atoms with Crippen LogP contribution in [0.1, 0.15) is 24.9 Å². The fourth-order valence-corrected chi connectivity index (χ4v) is 3.75. The Morgan fingerprint density at radius 3 is 2.88 bits per heavy atom. The highest BCUT2D eigenvalue weighted by molar-refractivity contribution is 9.10. The summed E-state index contributed by atoms with van der Waals surface area (Å²) >= 11 is 3.40. The van der Waals surface area contributed by atoms with Crippen molar-refractivity contribution in [2.75, 3.05) is 4.90 Å². The van der Waals surface area contributed by atoms with Crippen molar-refractivity contribution < 1.29 is 18.3 Å². The molecular weight excluding hydrogens is 382 g/mol. The number of carbonyl (C=O) groups excluding carboxylic acids is 1. The van der Waals surface area contributed by atoms with Gasteiger partial charge in [-0.05, 0) is 37.3 Å². The van der Waals surface area contributed by atoms with E-state index in [0.29, 0.717) is 12.2 Å². The number of urea groups is 1. The Kier molecular flexibility index (Phi) is 3.32. The zero-order valence-corrected chi connectivity index (χ0v) is 14.2. The molecule has 0 aromatic heterocycles. The van der Waals surface area contributed by atoms with Crippen LogP contribution < -0.4 is 15.0 Å². The highest BCUT2D eigenvalue weighted by Crippen LogP contribution is 2.46. The molecule has 2 aliphatic rings. The van der Waals surface area contributed by atoms with Gasteiger partial charge in [-0.25, -0.2) is 13.6 Å². The maximum atomic E-state index is 14.2. The molecule has 2 aliphatic heterocycles. The summed E-state index contributed by atoms with van der Waals surface area (Å²) in [7, 11) is 0. The van der Waals surface area contributed by atoms with E-state index in [0.717, 1.165) is 33.1 Å². The number of nitrogens with zero attached hydrogens (tertiary/aromatic N) is 1. The average Bonchev–Trinajstić information content (AvgIpc) is 2.51. The van der Waals surface area contributed by atoms with Crippen molar-refractivity contribution in [1.82, 2.24) is 5.32 Å². The maximum absolute atomic E-state index is 14.2. The van der Waals surface area contributed by atoms with E-state index >= 15 is 0 Å². The number of rotatable bonds is 1. The number of amides is 2. The molecule has 2 heterocycles. The summed E-state index contributed by atoms with van der Waals surface area (Å²) in [5, 5.41) is 2.85. The Hall–Kier alpha value is -2.15. The molecule has 0 radical (unpaired) electrons. The molecule has 24 heavy (non-hydrogen) atoms. The summed E-state index contributed by atoms with van der Waals surface area (Å²) in [5.74, 6) is -0.694. The largest absolute Gasteiger partial charge is 0.467 e. The van der Waals surface area contributed by atoms with Crippen LogP contribution in [0.3, 0.4) is 0 Å². The highest BCUT2D eigenvalue weighted by Gasteiger charge is 2.50. The minimum absolute atomic E-state index is 0.144. The molecule has 0 spiro atoms. The number of ether oxygens (including phenoxy) is 1. The average molecular weight is 395 g/mol. The van der Waals surface area contributed by atoms with Crippen LogP contribution in [0.15, 0.2) is 40.9 Å². The fraction of sp³-hybridized carbons (Fsp3) is 0.235. The first-order valence-corrected chi connectivity index (χ1v) is 8.21. The van der Waals surface area contributed by atoms with Crippen molar-refractivity contribution in [3.05, 3.63) is 58.1 Å². The van der Waals surface area contributed by atoms with Crippen LogP contribution in [-0.2, 0) is 0 Å². The van der Waals surface area contributed by atoms with Gasteiger partial charge in [-0.15, -0.1) is 0 Å². The summed E-state index contributed by atoms with van der Waals surface area (Å²) in [6.07, 6.45) is 0.415. The summed E-state index contributed by atoms with van der Waals surface area (Å²) < 4.78 is 34.7. The van der Waals surface area contributed by atoms with Crippen molar-refractivity contribution >= 4 is 27.6 Å². The lowest BCUT2D eigenvalue weighted by atomic mass is 9.90. The van der Waals surface area contributed by atoms with E-state index in [1.165, 1.54) is 0 Å². The van der Waals surface area contributed by atoms with Gasteiger partial charge in [-0.1, -0.05) is 15.9 Å². The van der Waals surface area contributed by atoms with Crippen LogP contribution >= 0.6 is 15.9 Å². The fourth-order valence-electron chi connectivity index (χ4n) is 3.37. The molecule has 2 amide bonds.